The van der Waals surface area contributed by atoms with Gasteiger partial charge in [-0.15, -0.1) is 0 Å². The molecule has 0 fully saturated rings. The van der Waals surface area contributed by atoms with Gasteiger partial charge in [-0.1, -0.05) is 11.6 Å². The van der Waals surface area contributed by atoms with E-state index in [0.717, 1.165) is 0 Å². The van der Waals surface area contributed by atoms with Crippen LogP contribution in [0.15, 0.2) is 6.20 Å². The van der Waals surface area contributed by atoms with Gasteiger partial charge in [-0.2, -0.15) is 0 Å². The molecular formula is C7H2Cl2F2N2O3. The van der Waals surface area contributed by atoms with Crippen molar-refractivity contribution in [3.05, 3.63) is 32.6 Å². The number of alkyl halides is 2. The Morgan fingerprint density at radius 1 is 1.56 bits per heavy atom. The molecule has 0 saturated heterocycles. The monoisotopic (exact) mass is 270 g/mol. The Bertz CT molecular complexity index is 467. The molecule has 0 radical (unpaired) electrons. The number of carbonyl (C=O) groups is 1. The van der Waals surface area contributed by atoms with E-state index in [2.05, 4.69) is 4.98 Å². The predicted octanol–water partition coefficient (Wildman–Crippen LogP) is 2.96. The van der Waals surface area contributed by atoms with Crippen LogP contribution in [0.2, 0.25) is 5.15 Å². The molecule has 1 rings (SSSR count). The number of hydrogen-bond donors (Lipinski definition) is 0. The van der Waals surface area contributed by atoms with Gasteiger partial charge >= 0.3 is 0 Å². The molecule has 86 valence electrons. The van der Waals surface area contributed by atoms with Crippen molar-refractivity contribution in [3.63, 3.8) is 0 Å². The number of nitro groups is 1. The van der Waals surface area contributed by atoms with Crippen LogP contribution in [-0.2, 0) is 0 Å². The van der Waals surface area contributed by atoms with Gasteiger partial charge in [-0.3, -0.25) is 14.9 Å². The molecule has 1 heterocycles. The highest BCUT2D eigenvalue weighted by molar-refractivity contribution is 6.69. The van der Waals surface area contributed by atoms with Crippen LogP contribution in [-0.4, -0.2) is 15.1 Å². The first-order chi connectivity index (χ1) is 7.36. The van der Waals surface area contributed by atoms with Crippen LogP contribution < -0.4 is 0 Å². The fourth-order valence-corrected chi connectivity index (χ4v) is 1.48. The maximum atomic E-state index is 12.4. The van der Waals surface area contributed by atoms with Crippen molar-refractivity contribution in [2.75, 3.05) is 0 Å². The van der Waals surface area contributed by atoms with Gasteiger partial charge in [0.2, 0.25) is 0 Å². The Kier molecular flexibility index (Phi) is 3.71. The van der Waals surface area contributed by atoms with Gasteiger partial charge in [-0.05, 0) is 11.6 Å². The maximum Gasteiger partial charge on any atom is 0.295 e. The van der Waals surface area contributed by atoms with Gasteiger partial charge in [0.05, 0.1) is 4.92 Å². The zero-order chi connectivity index (χ0) is 12.5. The number of pyridine rings is 1. The molecule has 0 bridgehead atoms. The minimum atomic E-state index is -3.15. The van der Waals surface area contributed by atoms with E-state index in [4.69, 9.17) is 23.2 Å². The Labute approximate surface area is 97.1 Å². The topological polar surface area (TPSA) is 73.1 Å². The fraction of sp³-hybridized carbons (Fsp3) is 0.143. The van der Waals surface area contributed by atoms with Gasteiger partial charge < -0.3 is 0 Å². The van der Waals surface area contributed by atoms with Crippen LogP contribution in [0.25, 0.3) is 0 Å². The van der Waals surface area contributed by atoms with Gasteiger partial charge in [0.1, 0.15) is 16.3 Å². The van der Waals surface area contributed by atoms with E-state index in [0.29, 0.717) is 6.20 Å². The predicted molar refractivity (Wildman–Crippen MR) is 51.0 cm³/mol. The minimum absolute atomic E-state index is 0.536. The third kappa shape index (κ3) is 2.25. The molecule has 0 unspecified atom stereocenters. The molecule has 0 aliphatic heterocycles. The Morgan fingerprint density at radius 3 is 2.50 bits per heavy atom. The van der Waals surface area contributed by atoms with Gasteiger partial charge in [-0.25, -0.2) is 13.8 Å². The lowest BCUT2D eigenvalue weighted by molar-refractivity contribution is -0.386. The van der Waals surface area contributed by atoms with E-state index in [9.17, 15) is 23.7 Å². The summed E-state index contributed by atoms with van der Waals surface area (Å²) in [6.45, 7) is 0. The van der Waals surface area contributed by atoms with E-state index < -0.39 is 38.6 Å². The summed E-state index contributed by atoms with van der Waals surface area (Å²) in [5.74, 6) is 0. The number of rotatable bonds is 3. The van der Waals surface area contributed by atoms with Crippen molar-refractivity contribution in [1.82, 2.24) is 4.98 Å². The number of halogens is 4. The van der Waals surface area contributed by atoms with Gasteiger partial charge in [0.25, 0.3) is 17.4 Å². The standard InChI is InChI=1S/C7H2Cl2F2N2O3/c8-5-3(6(9)14)4(13(15)16)2(1-12-5)7(10)11/h1,7H. The molecule has 0 N–H and O–H groups in total. The zero-order valence-electron chi connectivity index (χ0n) is 7.29. The van der Waals surface area contributed by atoms with Gasteiger partial charge in [0.15, 0.2) is 0 Å². The number of aromatic nitrogens is 1. The minimum Gasteiger partial charge on any atom is -0.275 e. The van der Waals surface area contributed by atoms with E-state index in [-0.39, 0.29) is 0 Å². The van der Waals surface area contributed by atoms with Crippen LogP contribution in [0.3, 0.4) is 0 Å². The normalized spacial score (nSPS) is 10.6. The molecule has 0 saturated carbocycles. The third-order valence-corrected chi connectivity index (χ3v) is 2.12. The number of hydrogen-bond acceptors (Lipinski definition) is 4. The molecule has 16 heavy (non-hydrogen) atoms. The molecule has 1 aromatic rings. The summed E-state index contributed by atoms with van der Waals surface area (Å²) < 4.78 is 24.8. The van der Waals surface area contributed by atoms with Crippen molar-refractivity contribution < 1.29 is 18.5 Å². The summed E-state index contributed by atoms with van der Waals surface area (Å²) in [5.41, 5.74) is -2.94. The van der Waals surface area contributed by atoms with Crippen molar-refractivity contribution in [2.24, 2.45) is 0 Å². The lowest BCUT2D eigenvalue weighted by atomic mass is 10.1. The quantitative estimate of drug-likeness (QED) is 0.366. The SMILES string of the molecule is O=C(Cl)c1c(Cl)ncc(C(F)F)c1[N+](=O)[O-]. The highest BCUT2D eigenvalue weighted by atomic mass is 35.5. The largest absolute Gasteiger partial charge is 0.295 e. The lowest BCUT2D eigenvalue weighted by Crippen LogP contribution is -2.05. The van der Waals surface area contributed by atoms with Crippen molar-refractivity contribution in [1.29, 1.82) is 0 Å². The van der Waals surface area contributed by atoms with Gasteiger partial charge in [0, 0.05) is 6.20 Å². The Morgan fingerprint density at radius 2 is 2.12 bits per heavy atom. The van der Waals surface area contributed by atoms with E-state index in [1.54, 1.807) is 0 Å². The van der Waals surface area contributed by atoms with E-state index in [1.807, 2.05) is 0 Å². The Hall–Kier alpha value is -1.34. The molecule has 0 atom stereocenters. The first-order valence-electron chi connectivity index (χ1n) is 3.67. The second-order valence-corrected chi connectivity index (χ2v) is 3.26. The highest BCUT2D eigenvalue weighted by Gasteiger charge is 2.31. The van der Waals surface area contributed by atoms with E-state index >= 15 is 0 Å². The molecule has 0 aliphatic rings. The van der Waals surface area contributed by atoms with Crippen LogP contribution >= 0.6 is 23.2 Å². The molecule has 1 aromatic heterocycles. The summed E-state index contributed by atoms with van der Waals surface area (Å²) in [5, 5.41) is 8.68. The second-order valence-electron chi connectivity index (χ2n) is 2.56. The third-order valence-electron chi connectivity index (χ3n) is 1.65. The van der Waals surface area contributed by atoms with Crippen molar-refractivity contribution in [3.8, 4) is 0 Å². The Balaban J connectivity index is 3.63. The summed E-state index contributed by atoms with van der Waals surface area (Å²) in [7, 11) is 0. The molecule has 0 aromatic carbocycles. The molecule has 0 amide bonds. The summed E-state index contributed by atoms with van der Waals surface area (Å²) >= 11 is 10.4. The van der Waals surface area contributed by atoms with E-state index in [1.165, 1.54) is 0 Å². The van der Waals surface area contributed by atoms with Crippen LogP contribution in [0.4, 0.5) is 14.5 Å². The number of nitrogens with zero attached hydrogens (tertiary/aromatic N) is 2. The molecular weight excluding hydrogens is 269 g/mol. The first kappa shape index (κ1) is 12.7. The molecule has 5 nitrogen and oxygen atoms in total. The zero-order valence-corrected chi connectivity index (χ0v) is 8.80. The van der Waals surface area contributed by atoms with Crippen molar-refractivity contribution >= 4 is 34.1 Å². The molecule has 9 heteroatoms. The highest BCUT2D eigenvalue weighted by Crippen LogP contribution is 2.35. The summed E-state index contributed by atoms with van der Waals surface area (Å²) in [6, 6.07) is 0. The smallest absolute Gasteiger partial charge is 0.275 e. The second kappa shape index (κ2) is 4.67. The van der Waals surface area contributed by atoms with Crippen LogP contribution in [0, 0.1) is 10.1 Å². The van der Waals surface area contributed by atoms with Crippen LogP contribution in [0.5, 0.6) is 0 Å². The maximum absolute atomic E-state index is 12.4. The first-order valence-corrected chi connectivity index (χ1v) is 4.42. The average molecular weight is 271 g/mol. The average Bonchev–Trinajstić information content (AvgIpc) is 2.15. The lowest BCUT2D eigenvalue weighted by Gasteiger charge is -2.05. The fourth-order valence-electron chi connectivity index (χ4n) is 1.02. The summed E-state index contributed by atoms with van der Waals surface area (Å²) in [4.78, 5) is 23.5. The molecule has 0 spiro atoms. The van der Waals surface area contributed by atoms with Crippen molar-refractivity contribution in [2.45, 2.75) is 6.43 Å². The number of carbonyl (C=O) groups excluding carboxylic acids is 1. The van der Waals surface area contributed by atoms with Crippen LogP contribution in [0.1, 0.15) is 22.3 Å². The molecule has 0 aliphatic carbocycles. The summed E-state index contributed by atoms with van der Waals surface area (Å²) in [6.07, 6.45) is -2.62.